The minimum Gasteiger partial charge on any atom is -0.756 e. The first-order valence-corrected chi connectivity index (χ1v) is 15.6. The summed E-state index contributed by atoms with van der Waals surface area (Å²) in [6.45, 7) is 1.56. The molecule has 0 saturated heterocycles. The van der Waals surface area contributed by atoms with Gasteiger partial charge in [0.2, 0.25) is 0 Å². The molecule has 2 aromatic carbocycles. The minimum atomic E-state index is -5.36. The van der Waals surface area contributed by atoms with Crippen LogP contribution in [0.5, 0.6) is 11.5 Å². The Labute approximate surface area is 255 Å². The zero-order valence-electron chi connectivity index (χ0n) is 22.5. The van der Waals surface area contributed by atoms with Crippen LogP contribution in [0.15, 0.2) is 48.5 Å². The zero-order chi connectivity index (χ0) is 30.2. The molecule has 20 N–H and O–H groups in total. The Morgan fingerprint density at radius 3 is 0.930 bits per heavy atom. The van der Waals surface area contributed by atoms with Crippen molar-refractivity contribution in [2.45, 2.75) is 13.1 Å². The molecule has 2 rings (SSSR count). The van der Waals surface area contributed by atoms with E-state index in [1.54, 1.807) is 14.2 Å². The monoisotopic (exact) mass is 757 g/mol. The first-order chi connectivity index (χ1) is 17.2. The average molecular weight is 757 g/mol. The van der Waals surface area contributed by atoms with Gasteiger partial charge in [-0.1, -0.05) is 24.3 Å². The molecule has 22 nitrogen and oxygen atoms in total. The summed E-state index contributed by atoms with van der Waals surface area (Å²) in [7, 11) is -18.1. The summed E-state index contributed by atoms with van der Waals surface area (Å²) in [5.74, 6) is 1.86. The quantitative estimate of drug-likeness (QED) is 0.0828. The van der Waals surface area contributed by atoms with Gasteiger partial charge >= 0.3 is 17.1 Å². The van der Waals surface area contributed by atoms with Crippen molar-refractivity contribution in [3.05, 3.63) is 59.7 Å². The second-order valence-electron chi connectivity index (χ2n) is 6.16. The minimum absolute atomic E-state index is 0. The summed E-state index contributed by atoms with van der Waals surface area (Å²) >= 11 is 0. The third-order valence-corrected chi connectivity index (χ3v) is 6.64. The molecule has 2 aromatic rings. The van der Waals surface area contributed by atoms with E-state index in [2.05, 4.69) is 20.1 Å². The van der Waals surface area contributed by atoms with Gasteiger partial charge in [-0.25, -0.2) is 8.62 Å². The Kier molecular flexibility index (Phi) is 36.3. The van der Waals surface area contributed by atoms with Crippen molar-refractivity contribution < 1.29 is 126 Å². The molecular weight excluding hydrogens is 719 g/mol. The third-order valence-electron chi connectivity index (χ3n) is 3.34. The maximum absolute atomic E-state index is 9.48. The first-order valence-electron chi connectivity index (χ1n) is 9.58. The van der Waals surface area contributed by atoms with Gasteiger partial charge in [0.25, 0.3) is 31.3 Å². The van der Waals surface area contributed by atoms with E-state index in [-0.39, 0.29) is 39.0 Å². The van der Waals surface area contributed by atoms with Crippen LogP contribution in [0.3, 0.4) is 0 Å². The van der Waals surface area contributed by atoms with E-state index in [1.807, 2.05) is 48.5 Å². The van der Waals surface area contributed by atoms with E-state index >= 15 is 0 Å². The van der Waals surface area contributed by atoms with E-state index in [4.69, 9.17) is 29.0 Å². The molecule has 0 aliphatic heterocycles. The number of hydrogen-bond acceptors (Lipinski definition) is 12. The van der Waals surface area contributed by atoms with Gasteiger partial charge < -0.3 is 82.0 Å². The van der Waals surface area contributed by atoms with Gasteiger partial charge in [0.05, 0.1) is 14.2 Å². The number of rotatable bonds is 8. The topological polar surface area (TPSA) is 463 Å². The van der Waals surface area contributed by atoms with Crippen LogP contribution in [0.2, 0.25) is 0 Å². The van der Waals surface area contributed by atoms with Crippen LogP contribution in [-0.4, -0.2) is 44.7 Å². The molecule has 4 unspecified atom stereocenters. The predicted octanol–water partition coefficient (Wildman–Crippen LogP) is -6.77. The molecule has 1 radical (unpaired) electrons. The summed E-state index contributed by atoms with van der Waals surface area (Å²) < 4.78 is 53.6. The molecule has 0 aliphatic rings. The molecule has 0 amide bonds. The number of quaternary nitrogens is 2. The molecule has 0 bridgehead atoms. The molecule has 0 aliphatic carbocycles. The van der Waals surface area contributed by atoms with Gasteiger partial charge in [-0.3, -0.25) is 18.3 Å². The summed E-state index contributed by atoms with van der Waals surface area (Å²) in [6.07, 6.45) is 0. The van der Waals surface area contributed by atoms with Gasteiger partial charge in [0.1, 0.15) is 24.6 Å². The maximum atomic E-state index is 9.48. The second-order valence-corrected chi connectivity index (χ2v) is 11.2. The van der Waals surface area contributed by atoms with Crippen molar-refractivity contribution in [1.82, 2.24) is 0 Å². The molecule has 43 heavy (non-hydrogen) atoms. The van der Waals surface area contributed by atoms with E-state index in [1.165, 1.54) is 0 Å². The molecule has 27 heteroatoms. The van der Waals surface area contributed by atoms with Gasteiger partial charge in [0, 0.05) is 11.1 Å². The normalized spacial score (nSPS) is 14.6. The SMILES string of the molecule is COc1ccccc1C[NH3+].COc1ccccc1C[NH3+].O.O.O=P([O-])(O)OP(=O)([O-])O.O=P([O-])(O)OP(=O)([O-])O.[Mn+2].[OH3+].[OH3+]. The standard InChI is InChI=1S/2C8H11NO.Mn.2H4O7P2.4H2O/c2*1-10-8-5-3-2-4-7(8)6-9;;2*1-8(2,3)7-9(4,5)6;;;;/h2*2-5H,6,9H2,1H3;;2*(H2,1,2,3)(H2,4,5,6);4*1H2/q;;+2;;;;;;. The van der Waals surface area contributed by atoms with Gasteiger partial charge in [0.15, 0.2) is 0 Å². The van der Waals surface area contributed by atoms with Crippen LogP contribution in [-0.2, 0) is 68.0 Å². The van der Waals surface area contributed by atoms with Crippen LogP contribution in [0.1, 0.15) is 11.1 Å². The van der Waals surface area contributed by atoms with E-state index in [9.17, 15) is 37.8 Å². The van der Waals surface area contributed by atoms with E-state index in [0.29, 0.717) is 0 Å². The second kappa shape index (κ2) is 27.2. The third kappa shape index (κ3) is 36.9. The smallest absolute Gasteiger partial charge is 0.756 e. The average Bonchev–Trinajstić information content (AvgIpc) is 2.75. The summed E-state index contributed by atoms with van der Waals surface area (Å²) in [6, 6.07) is 15.8. The number of ether oxygens (including phenoxy) is 2. The summed E-state index contributed by atoms with van der Waals surface area (Å²) in [4.78, 5) is 68.3. The molecule has 4 atom stereocenters. The van der Waals surface area contributed by atoms with Gasteiger partial charge in [-0.2, -0.15) is 0 Å². The number of benzene rings is 2. The van der Waals surface area contributed by atoms with Crippen LogP contribution < -0.4 is 40.5 Å². The Bertz CT molecular complexity index is 978. The fourth-order valence-electron chi connectivity index (χ4n) is 2.08. The van der Waals surface area contributed by atoms with Gasteiger partial charge in [-0.05, 0) is 24.3 Å². The van der Waals surface area contributed by atoms with Crippen molar-refractivity contribution in [3.63, 3.8) is 0 Å². The number of phosphoric acid groups is 4. The summed E-state index contributed by atoms with van der Waals surface area (Å²) in [5.41, 5.74) is 9.88. The number of methoxy groups -OCH3 is 2. The van der Waals surface area contributed by atoms with Crippen molar-refractivity contribution in [2.24, 2.45) is 0 Å². The molecule has 0 heterocycles. The molecule has 0 aromatic heterocycles. The van der Waals surface area contributed by atoms with Crippen molar-refractivity contribution in [1.29, 1.82) is 0 Å². The molecule has 0 saturated carbocycles. The predicted molar refractivity (Wildman–Crippen MR) is 138 cm³/mol. The van der Waals surface area contributed by atoms with Crippen molar-refractivity contribution in [2.75, 3.05) is 14.2 Å². The van der Waals surface area contributed by atoms with Crippen molar-refractivity contribution >= 4 is 31.3 Å². The van der Waals surface area contributed by atoms with Crippen LogP contribution in [0.4, 0.5) is 0 Å². The van der Waals surface area contributed by atoms with Crippen LogP contribution in [0.25, 0.3) is 0 Å². The number of para-hydroxylation sites is 2. The van der Waals surface area contributed by atoms with Gasteiger partial charge in [-0.15, -0.1) is 0 Å². The van der Waals surface area contributed by atoms with Crippen LogP contribution >= 0.6 is 31.3 Å². The summed E-state index contributed by atoms with van der Waals surface area (Å²) in [5, 5.41) is 0. The molecule has 0 fully saturated rings. The Morgan fingerprint density at radius 2 is 0.814 bits per heavy atom. The first kappa shape index (κ1) is 57.5. The maximum Gasteiger partial charge on any atom is 2.00 e. The van der Waals surface area contributed by atoms with E-state index in [0.717, 1.165) is 35.7 Å². The fraction of sp³-hybridized carbons (Fsp3) is 0.250. The molecule has 257 valence electrons. The molecular formula is C16H38MnN2O20P4+2. The van der Waals surface area contributed by atoms with Crippen molar-refractivity contribution in [3.8, 4) is 11.5 Å². The fourth-order valence-corrected chi connectivity index (χ4v) is 4.17. The zero-order valence-corrected chi connectivity index (χ0v) is 27.2. The number of hydrogen-bond donors (Lipinski definition) is 6. The largest absolute Gasteiger partial charge is 2.00 e. The Hall–Kier alpha value is -1.16. The van der Waals surface area contributed by atoms with Crippen LogP contribution in [0, 0.1) is 0 Å². The Balaban J connectivity index is -0.0000000775. The Morgan fingerprint density at radius 1 is 0.605 bits per heavy atom. The molecule has 0 spiro atoms. The van der Waals surface area contributed by atoms with E-state index < -0.39 is 31.3 Å².